The molecule has 4 heteroatoms. The summed E-state index contributed by atoms with van der Waals surface area (Å²) in [5, 5.41) is 9.33. The number of nitrogens with zero attached hydrogens (tertiary/aromatic N) is 1. The lowest BCUT2D eigenvalue weighted by atomic mass is 10.0. The van der Waals surface area contributed by atoms with E-state index in [4.69, 9.17) is 10.00 Å². The van der Waals surface area contributed by atoms with E-state index in [1.54, 1.807) is 24.8 Å². The monoisotopic (exact) mass is 249 g/mol. The minimum absolute atomic E-state index is 0.366. The van der Waals surface area contributed by atoms with E-state index in [0.29, 0.717) is 21.9 Å². The van der Waals surface area contributed by atoms with Gasteiger partial charge >= 0.3 is 5.97 Å². The Morgan fingerprint density at radius 1 is 1.47 bits per heavy atom. The van der Waals surface area contributed by atoms with E-state index >= 15 is 0 Å². The second kappa shape index (κ2) is 5.74. The second-order valence-corrected chi connectivity index (χ2v) is 5.50. The van der Waals surface area contributed by atoms with E-state index in [9.17, 15) is 4.79 Å². The van der Waals surface area contributed by atoms with Crippen LogP contribution in [0.4, 0.5) is 0 Å². The lowest BCUT2D eigenvalue weighted by Crippen LogP contribution is -2.08. The van der Waals surface area contributed by atoms with Crippen LogP contribution in [-0.2, 0) is 4.74 Å². The maximum Gasteiger partial charge on any atom is 0.339 e. The van der Waals surface area contributed by atoms with Gasteiger partial charge in [0, 0.05) is 10.1 Å². The first-order valence-corrected chi connectivity index (χ1v) is 6.17. The van der Waals surface area contributed by atoms with Crippen LogP contribution in [0.25, 0.3) is 0 Å². The van der Waals surface area contributed by atoms with Crippen molar-refractivity contribution in [2.24, 2.45) is 0 Å². The molecule has 0 spiro atoms. The van der Waals surface area contributed by atoms with Crippen LogP contribution in [0.15, 0.2) is 17.0 Å². The molecule has 1 aromatic rings. The SMILES string of the molecule is COC(=O)c1c(SC(C)C)ccc(C#N)c1C. The summed E-state index contributed by atoms with van der Waals surface area (Å²) in [6, 6.07) is 5.63. The highest BCUT2D eigenvalue weighted by Crippen LogP contribution is 2.30. The Hall–Kier alpha value is -1.47. The van der Waals surface area contributed by atoms with Crippen LogP contribution < -0.4 is 0 Å². The molecule has 0 aliphatic heterocycles. The van der Waals surface area contributed by atoms with Gasteiger partial charge in [-0.15, -0.1) is 11.8 Å². The molecule has 0 amide bonds. The number of thioether (sulfide) groups is 1. The third-order valence-corrected chi connectivity index (χ3v) is 3.36. The number of hydrogen-bond donors (Lipinski definition) is 0. The van der Waals surface area contributed by atoms with E-state index in [0.717, 1.165) is 4.90 Å². The van der Waals surface area contributed by atoms with E-state index in [1.165, 1.54) is 7.11 Å². The number of carbonyl (C=O) groups is 1. The molecule has 0 aromatic heterocycles. The predicted octanol–water partition coefficient (Wildman–Crippen LogP) is 3.15. The molecule has 0 saturated heterocycles. The standard InChI is InChI=1S/C13H15NO2S/c1-8(2)17-11-6-5-10(7-14)9(3)12(11)13(15)16-4/h5-6,8H,1-4H3. The largest absolute Gasteiger partial charge is 0.465 e. The van der Waals surface area contributed by atoms with Gasteiger partial charge in [-0.25, -0.2) is 4.79 Å². The highest BCUT2D eigenvalue weighted by Gasteiger charge is 2.18. The Labute approximate surface area is 106 Å². The molecule has 1 rings (SSSR count). The normalized spacial score (nSPS) is 10.1. The molecule has 17 heavy (non-hydrogen) atoms. The maximum atomic E-state index is 11.8. The van der Waals surface area contributed by atoms with Crippen LogP contribution in [0.1, 0.15) is 35.3 Å². The Balaban J connectivity index is 3.36. The summed E-state index contributed by atoms with van der Waals surface area (Å²) in [7, 11) is 1.35. The van der Waals surface area contributed by atoms with E-state index < -0.39 is 0 Å². The Morgan fingerprint density at radius 2 is 2.12 bits per heavy atom. The molecule has 0 radical (unpaired) electrons. The summed E-state index contributed by atoms with van der Waals surface area (Å²) in [6.45, 7) is 5.88. The summed E-state index contributed by atoms with van der Waals surface area (Å²) in [5.41, 5.74) is 1.70. The summed E-state index contributed by atoms with van der Waals surface area (Å²) in [4.78, 5) is 12.6. The fourth-order valence-electron chi connectivity index (χ4n) is 1.52. The number of rotatable bonds is 3. The van der Waals surface area contributed by atoms with Crippen molar-refractivity contribution < 1.29 is 9.53 Å². The number of hydrogen-bond acceptors (Lipinski definition) is 4. The highest BCUT2D eigenvalue weighted by atomic mass is 32.2. The van der Waals surface area contributed by atoms with Crippen molar-refractivity contribution >= 4 is 17.7 Å². The van der Waals surface area contributed by atoms with Crippen LogP contribution in [0.2, 0.25) is 0 Å². The van der Waals surface area contributed by atoms with Crippen LogP contribution in [0.5, 0.6) is 0 Å². The van der Waals surface area contributed by atoms with Gasteiger partial charge in [0.1, 0.15) is 0 Å². The Bertz CT molecular complexity index is 475. The zero-order valence-electron chi connectivity index (χ0n) is 10.4. The molecule has 0 unspecified atom stereocenters. The smallest absolute Gasteiger partial charge is 0.339 e. The van der Waals surface area contributed by atoms with Crippen molar-refractivity contribution in [3.8, 4) is 6.07 Å². The quantitative estimate of drug-likeness (QED) is 0.610. The lowest BCUT2D eigenvalue weighted by Gasteiger charge is -2.13. The summed E-state index contributed by atoms with van der Waals surface area (Å²) in [6.07, 6.45) is 0. The van der Waals surface area contributed by atoms with Crippen LogP contribution in [0, 0.1) is 18.3 Å². The summed E-state index contributed by atoms with van der Waals surface area (Å²) < 4.78 is 4.78. The van der Waals surface area contributed by atoms with Gasteiger partial charge in [0.05, 0.1) is 24.3 Å². The van der Waals surface area contributed by atoms with E-state index in [2.05, 4.69) is 19.9 Å². The Morgan fingerprint density at radius 3 is 2.59 bits per heavy atom. The van der Waals surface area contributed by atoms with Crippen molar-refractivity contribution in [1.82, 2.24) is 0 Å². The highest BCUT2D eigenvalue weighted by molar-refractivity contribution is 8.00. The Kier molecular flexibility index (Phi) is 4.59. The molecule has 0 fully saturated rings. The first-order chi connectivity index (χ1) is 8.01. The number of methoxy groups -OCH3 is 1. The van der Waals surface area contributed by atoms with Gasteiger partial charge in [-0.2, -0.15) is 5.26 Å². The predicted molar refractivity (Wildman–Crippen MR) is 68.2 cm³/mol. The van der Waals surface area contributed by atoms with Crippen molar-refractivity contribution in [3.05, 3.63) is 28.8 Å². The average molecular weight is 249 g/mol. The molecule has 0 aliphatic rings. The fourth-order valence-corrected chi connectivity index (χ4v) is 2.52. The number of nitriles is 1. The second-order valence-electron chi connectivity index (χ2n) is 3.88. The molecule has 90 valence electrons. The number of carbonyl (C=O) groups excluding carboxylic acids is 1. The fraction of sp³-hybridized carbons (Fsp3) is 0.385. The summed E-state index contributed by atoms with van der Waals surface area (Å²) >= 11 is 1.59. The third kappa shape index (κ3) is 3.01. The molecule has 0 heterocycles. The van der Waals surface area contributed by atoms with Crippen molar-refractivity contribution in [3.63, 3.8) is 0 Å². The molecular formula is C13H15NO2S. The first kappa shape index (κ1) is 13.6. The van der Waals surface area contributed by atoms with Crippen LogP contribution in [0.3, 0.4) is 0 Å². The first-order valence-electron chi connectivity index (χ1n) is 5.30. The van der Waals surface area contributed by atoms with E-state index in [-0.39, 0.29) is 5.97 Å². The van der Waals surface area contributed by atoms with Crippen molar-refractivity contribution in [2.45, 2.75) is 30.9 Å². The van der Waals surface area contributed by atoms with E-state index in [1.807, 2.05) is 6.07 Å². The number of benzene rings is 1. The zero-order valence-corrected chi connectivity index (χ0v) is 11.2. The maximum absolute atomic E-state index is 11.8. The molecule has 1 aromatic carbocycles. The van der Waals surface area contributed by atoms with Gasteiger partial charge in [-0.3, -0.25) is 0 Å². The minimum atomic E-state index is -0.386. The van der Waals surface area contributed by atoms with Gasteiger partial charge < -0.3 is 4.74 Å². The van der Waals surface area contributed by atoms with Crippen LogP contribution >= 0.6 is 11.8 Å². The van der Waals surface area contributed by atoms with Gasteiger partial charge in [-0.05, 0) is 24.6 Å². The van der Waals surface area contributed by atoms with Gasteiger partial charge in [-0.1, -0.05) is 13.8 Å². The van der Waals surface area contributed by atoms with Gasteiger partial charge in [0.15, 0.2) is 0 Å². The molecule has 0 N–H and O–H groups in total. The summed E-state index contributed by atoms with van der Waals surface area (Å²) in [5.74, 6) is -0.386. The minimum Gasteiger partial charge on any atom is -0.465 e. The van der Waals surface area contributed by atoms with Crippen LogP contribution in [-0.4, -0.2) is 18.3 Å². The molecular weight excluding hydrogens is 234 g/mol. The molecule has 0 atom stereocenters. The number of esters is 1. The molecule has 0 bridgehead atoms. The van der Waals surface area contributed by atoms with Gasteiger partial charge in [0.25, 0.3) is 0 Å². The van der Waals surface area contributed by atoms with Crippen molar-refractivity contribution in [2.75, 3.05) is 7.11 Å². The van der Waals surface area contributed by atoms with Gasteiger partial charge in [0.2, 0.25) is 0 Å². The average Bonchev–Trinajstić information content (AvgIpc) is 2.28. The molecule has 0 aliphatic carbocycles. The topological polar surface area (TPSA) is 50.1 Å². The van der Waals surface area contributed by atoms with Crippen molar-refractivity contribution in [1.29, 1.82) is 5.26 Å². The molecule has 0 saturated carbocycles. The number of ether oxygens (including phenoxy) is 1. The molecule has 3 nitrogen and oxygen atoms in total. The zero-order chi connectivity index (χ0) is 13.0. The lowest BCUT2D eigenvalue weighted by molar-refractivity contribution is 0.0596. The third-order valence-electron chi connectivity index (χ3n) is 2.30.